The summed E-state index contributed by atoms with van der Waals surface area (Å²) in [5.41, 5.74) is 0.442. The first-order valence-electron chi connectivity index (χ1n) is 5.58. The zero-order chi connectivity index (χ0) is 13.7. The van der Waals surface area contributed by atoms with Crippen LogP contribution in [0.25, 0.3) is 0 Å². The molecule has 1 rings (SSSR count). The molecule has 0 spiro atoms. The van der Waals surface area contributed by atoms with E-state index in [2.05, 4.69) is 10.6 Å². The summed E-state index contributed by atoms with van der Waals surface area (Å²) >= 11 is 11.7. The highest BCUT2D eigenvalue weighted by Crippen LogP contribution is 2.31. The second-order valence-electron chi connectivity index (χ2n) is 4.14. The molecule has 0 aliphatic rings. The summed E-state index contributed by atoms with van der Waals surface area (Å²) in [6.45, 7) is 4.15. The van der Waals surface area contributed by atoms with Gasteiger partial charge in [0.2, 0.25) is 5.91 Å². The fourth-order valence-electron chi connectivity index (χ4n) is 1.41. The van der Waals surface area contributed by atoms with Gasteiger partial charge in [0.05, 0.1) is 15.7 Å². The maximum atomic E-state index is 12.9. The van der Waals surface area contributed by atoms with Gasteiger partial charge < -0.3 is 10.6 Å². The molecule has 0 unspecified atom stereocenters. The van der Waals surface area contributed by atoms with Gasteiger partial charge in [-0.2, -0.15) is 0 Å². The molecule has 1 aromatic carbocycles. The van der Waals surface area contributed by atoms with E-state index in [0.717, 1.165) is 0 Å². The standard InChI is InChI=1S/C12H15Cl2FN2O/c1-7(2)17-11(18)3-4-16-12-9(13)5-8(15)6-10(12)14/h5-7,16H,3-4H2,1-2H3,(H,17,18). The zero-order valence-electron chi connectivity index (χ0n) is 10.2. The molecule has 0 atom stereocenters. The van der Waals surface area contributed by atoms with Crippen LogP contribution in [0, 0.1) is 5.82 Å². The van der Waals surface area contributed by atoms with Gasteiger partial charge in [0.15, 0.2) is 0 Å². The molecule has 0 fully saturated rings. The number of carbonyl (C=O) groups excluding carboxylic acids is 1. The maximum Gasteiger partial charge on any atom is 0.221 e. The fourth-order valence-corrected chi connectivity index (χ4v) is 2.00. The van der Waals surface area contributed by atoms with Gasteiger partial charge >= 0.3 is 0 Å². The van der Waals surface area contributed by atoms with E-state index < -0.39 is 5.82 Å². The Morgan fingerprint density at radius 1 is 1.33 bits per heavy atom. The Morgan fingerprint density at radius 3 is 2.39 bits per heavy atom. The smallest absolute Gasteiger partial charge is 0.221 e. The maximum absolute atomic E-state index is 12.9. The summed E-state index contributed by atoms with van der Waals surface area (Å²) in [5.74, 6) is -0.556. The van der Waals surface area contributed by atoms with Crippen LogP contribution in [0.15, 0.2) is 12.1 Å². The molecule has 0 saturated heterocycles. The third-order valence-electron chi connectivity index (χ3n) is 2.11. The molecular formula is C12H15Cl2FN2O. The van der Waals surface area contributed by atoms with Gasteiger partial charge in [0.1, 0.15) is 5.82 Å². The molecule has 3 nitrogen and oxygen atoms in total. The molecule has 0 saturated carbocycles. The van der Waals surface area contributed by atoms with E-state index in [-0.39, 0.29) is 22.0 Å². The third kappa shape index (κ3) is 4.70. The highest BCUT2D eigenvalue weighted by atomic mass is 35.5. The van der Waals surface area contributed by atoms with Gasteiger partial charge in [-0.05, 0) is 26.0 Å². The van der Waals surface area contributed by atoms with E-state index in [1.54, 1.807) is 0 Å². The Balaban J connectivity index is 2.52. The number of carbonyl (C=O) groups is 1. The van der Waals surface area contributed by atoms with Crippen molar-refractivity contribution in [1.82, 2.24) is 5.32 Å². The summed E-state index contributed by atoms with van der Waals surface area (Å²) in [6.07, 6.45) is 0.294. The fraction of sp³-hybridized carbons (Fsp3) is 0.417. The van der Waals surface area contributed by atoms with E-state index >= 15 is 0 Å². The molecule has 0 aliphatic carbocycles. The molecule has 0 bridgehead atoms. The lowest BCUT2D eigenvalue weighted by atomic mass is 10.3. The molecule has 1 amide bonds. The summed E-state index contributed by atoms with van der Waals surface area (Å²) in [6, 6.07) is 2.45. The Bertz CT molecular complexity index is 415. The number of hydrogen-bond donors (Lipinski definition) is 2. The first kappa shape index (κ1) is 15.1. The lowest BCUT2D eigenvalue weighted by Crippen LogP contribution is -2.31. The van der Waals surface area contributed by atoms with E-state index in [0.29, 0.717) is 18.7 Å². The third-order valence-corrected chi connectivity index (χ3v) is 2.71. The van der Waals surface area contributed by atoms with E-state index in [4.69, 9.17) is 23.2 Å². The van der Waals surface area contributed by atoms with E-state index in [1.165, 1.54) is 12.1 Å². The van der Waals surface area contributed by atoms with Crippen LogP contribution >= 0.6 is 23.2 Å². The molecule has 0 aromatic heterocycles. The van der Waals surface area contributed by atoms with Gasteiger partial charge in [0.25, 0.3) is 0 Å². The Hall–Kier alpha value is -1.00. The van der Waals surface area contributed by atoms with Gasteiger partial charge in [-0.1, -0.05) is 23.2 Å². The van der Waals surface area contributed by atoms with Crippen LogP contribution in [0.5, 0.6) is 0 Å². The number of amides is 1. The van der Waals surface area contributed by atoms with Gasteiger partial charge in [-0.25, -0.2) is 4.39 Å². The van der Waals surface area contributed by atoms with Crippen LogP contribution in [0.2, 0.25) is 10.0 Å². The van der Waals surface area contributed by atoms with Crippen molar-refractivity contribution in [2.75, 3.05) is 11.9 Å². The molecular weight excluding hydrogens is 278 g/mol. The molecule has 2 N–H and O–H groups in total. The van der Waals surface area contributed by atoms with Crippen molar-refractivity contribution >= 4 is 34.8 Å². The van der Waals surface area contributed by atoms with Gasteiger partial charge in [-0.15, -0.1) is 0 Å². The highest BCUT2D eigenvalue weighted by molar-refractivity contribution is 6.39. The summed E-state index contributed by atoms with van der Waals surface area (Å²) in [7, 11) is 0. The Kier molecular flexibility index (Phi) is 5.69. The Morgan fingerprint density at radius 2 is 1.89 bits per heavy atom. The average Bonchev–Trinajstić information content (AvgIpc) is 2.20. The number of anilines is 1. The lowest BCUT2D eigenvalue weighted by molar-refractivity contribution is -0.121. The predicted molar refractivity (Wildman–Crippen MR) is 72.8 cm³/mol. The molecule has 18 heavy (non-hydrogen) atoms. The van der Waals surface area contributed by atoms with E-state index in [9.17, 15) is 9.18 Å². The normalized spacial score (nSPS) is 10.6. The molecule has 1 aromatic rings. The largest absolute Gasteiger partial charge is 0.382 e. The van der Waals surface area contributed by atoms with Gasteiger partial charge in [-0.3, -0.25) is 4.79 Å². The number of benzene rings is 1. The first-order valence-corrected chi connectivity index (χ1v) is 6.33. The quantitative estimate of drug-likeness (QED) is 0.873. The first-order chi connectivity index (χ1) is 8.40. The average molecular weight is 293 g/mol. The Labute approximate surface area is 116 Å². The van der Waals surface area contributed by atoms with Crippen LogP contribution in [-0.4, -0.2) is 18.5 Å². The number of nitrogens with one attached hydrogen (secondary N) is 2. The van der Waals surface area contributed by atoms with Crippen molar-refractivity contribution in [3.63, 3.8) is 0 Å². The minimum atomic E-state index is -0.492. The number of hydrogen-bond acceptors (Lipinski definition) is 2. The van der Waals surface area contributed by atoms with Crippen molar-refractivity contribution in [3.05, 3.63) is 28.0 Å². The SMILES string of the molecule is CC(C)NC(=O)CCNc1c(Cl)cc(F)cc1Cl. The predicted octanol–water partition coefficient (Wildman–Crippen LogP) is 3.46. The van der Waals surface area contributed by atoms with Crippen LogP contribution < -0.4 is 10.6 Å². The number of halogens is 3. The molecule has 6 heteroatoms. The summed E-state index contributed by atoms with van der Waals surface area (Å²) < 4.78 is 12.9. The second kappa shape index (κ2) is 6.81. The summed E-state index contributed by atoms with van der Waals surface area (Å²) in [5, 5.41) is 6.08. The van der Waals surface area contributed by atoms with Crippen molar-refractivity contribution in [1.29, 1.82) is 0 Å². The molecule has 0 heterocycles. The topological polar surface area (TPSA) is 41.1 Å². The summed E-state index contributed by atoms with van der Waals surface area (Å²) in [4.78, 5) is 11.4. The van der Waals surface area contributed by atoms with Crippen LogP contribution in [0.4, 0.5) is 10.1 Å². The minimum Gasteiger partial charge on any atom is -0.382 e. The molecule has 0 radical (unpaired) electrons. The van der Waals surface area contributed by atoms with Gasteiger partial charge in [0, 0.05) is 19.0 Å². The van der Waals surface area contributed by atoms with E-state index in [1.807, 2.05) is 13.8 Å². The van der Waals surface area contributed by atoms with Crippen molar-refractivity contribution in [2.24, 2.45) is 0 Å². The van der Waals surface area contributed by atoms with Crippen LogP contribution in [0.1, 0.15) is 20.3 Å². The van der Waals surface area contributed by atoms with Crippen molar-refractivity contribution in [2.45, 2.75) is 26.3 Å². The minimum absolute atomic E-state index is 0.0631. The van der Waals surface area contributed by atoms with Crippen LogP contribution in [-0.2, 0) is 4.79 Å². The van der Waals surface area contributed by atoms with Crippen molar-refractivity contribution in [3.8, 4) is 0 Å². The second-order valence-corrected chi connectivity index (χ2v) is 4.96. The lowest BCUT2D eigenvalue weighted by Gasteiger charge is -2.11. The zero-order valence-corrected chi connectivity index (χ0v) is 11.7. The monoisotopic (exact) mass is 292 g/mol. The number of rotatable bonds is 5. The molecule has 0 aliphatic heterocycles. The highest BCUT2D eigenvalue weighted by Gasteiger charge is 2.09. The van der Waals surface area contributed by atoms with Crippen molar-refractivity contribution < 1.29 is 9.18 Å². The molecule has 100 valence electrons. The van der Waals surface area contributed by atoms with Crippen LogP contribution in [0.3, 0.4) is 0 Å².